The summed E-state index contributed by atoms with van der Waals surface area (Å²) in [5.41, 5.74) is 0.628. The first-order valence-corrected chi connectivity index (χ1v) is 10.1. The maximum absolute atomic E-state index is 13.3. The Morgan fingerprint density at radius 1 is 1.22 bits per heavy atom. The predicted octanol–water partition coefficient (Wildman–Crippen LogP) is 3.03. The molecule has 27 heavy (non-hydrogen) atoms. The molecule has 7 nitrogen and oxygen atoms in total. The van der Waals surface area contributed by atoms with Gasteiger partial charge in [-0.25, -0.2) is 14.6 Å². The third kappa shape index (κ3) is 3.63. The summed E-state index contributed by atoms with van der Waals surface area (Å²) in [6.45, 7) is 6.84. The summed E-state index contributed by atoms with van der Waals surface area (Å²) in [7, 11) is 0. The zero-order valence-corrected chi connectivity index (χ0v) is 16.9. The first kappa shape index (κ1) is 19.5. The molecule has 0 saturated heterocycles. The smallest absolute Gasteiger partial charge is 0.374 e. The maximum atomic E-state index is 13.3. The van der Waals surface area contributed by atoms with E-state index in [0.29, 0.717) is 10.2 Å². The number of rotatable bonds is 5. The molecule has 0 aliphatic heterocycles. The minimum atomic E-state index is -0.977. The van der Waals surface area contributed by atoms with Crippen LogP contribution in [-0.2, 0) is 27.1 Å². The van der Waals surface area contributed by atoms with Crippen molar-refractivity contribution in [3.05, 3.63) is 26.6 Å². The van der Waals surface area contributed by atoms with E-state index in [9.17, 15) is 14.4 Å². The number of carbonyl (C=O) groups excluding carboxylic acids is 2. The summed E-state index contributed by atoms with van der Waals surface area (Å²) in [5.74, 6) is -1.45. The molecule has 0 saturated carbocycles. The van der Waals surface area contributed by atoms with E-state index >= 15 is 0 Å². The molecule has 2 aromatic heterocycles. The van der Waals surface area contributed by atoms with E-state index in [1.165, 1.54) is 11.3 Å². The van der Waals surface area contributed by atoms with Crippen molar-refractivity contribution < 1.29 is 19.1 Å². The molecule has 0 radical (unpaired) electrons. The van der Waals surface area contributed by atoms with Gasteiger partial charge >= 0.3 is 11.9 Å². The standard InChI is InChI=1S/C19H24N2O5S/c1-5-25-19(24)15-20-16-14(12-8-6-7-9-13(12)27-16)17(22)21(15)11(4)18(23)26-10(2)3/h10-11H,5-9H2,1-4H3/t11-/m1/s1. The second kappa shape index (κ2) is 7.80. The molecular formula is C19H24N2O5S. The molecule has 0 bridgehead atoms. The van der Waals surface area contributed by atoms with E-state index in [4.69, 9.17) is 9.47 Å². The van der Waals surface area contributed by atoms with Crippen molar-refractivity contribution in [3.63, 3.8) is 0 Å². The molecule has 0 aromatic carbocycles. The number of hydrogen-bond acceptors (Lipinski definition) is 7. The van der Waals surface area contributed by atoms with Gasteiger partial charge in [-0.05, 0) is 58.9 Å². The molecule has 1 atom stereocenters. The topological polar surface area (TPSA) is 87.5 Å². The van der Waals surface area contributed by atoms with Crippen LogP contribution >= 0.6 is 11.3 Å². The average Bonchev–Trinajstić information content (AvgIpc) is 2.99. The van der Waals surface area contributed by atoms with Crippen LogP contribution in [0, 0.1) is 0 Å². The van der Waals surface area contributed by atoms with Crippen LogP contribution in [0.3, 0.4) is 0 Å². The largest absolute Gasteiger partial charge is 0.461 e. The molecule has 2 heterocycles. The Morgan fingerprint density at radius 3 is 2.59 bits per heavy atom. The fraction of sp³-hybridized carbons (Fsp3) is 0.579. The Hall–Kier alpha value is -2.22. The van der Waals surface area contributed by atoms with Crippen LogP contribution < -0.4 is 5.56 Å². The number of nitrogens with zero attached hydrogens (tertiary/aromatic N) is 2. The Balaban J connectivity index is 2.23. The molecule has 1 aliphatic rings. The molecule has 0 amide bonds. The van der Waals surface area contributed by atoms with Crippen LogP contribution in [0.1, 0.15) is 67.6 Å². The second-order valence-corrected chi connectivity index (χ2v) is 7.97. The highest BCUT2D eigenvalue weighted by molar-refractivity contribution is 7.18. The molecule has 0 spiro atoms. The molecule has 146 valence electrons. The molecule has 0 unspecified atom stereocenters. The zero-order chi connectivity index (χ0) is 19.7. The fourth-order valence-corrected chi connectivity index (χ4v) is 4.60. The van der Waals surface area contributed by atoms with E-state index < -0.39 is 18.0 Å². The van der Waals surface area contributed by atoms with E-state index in [2.05, 4.69) is 4.98 Å². The fourth-order valence-electron chi connectivity index (χ4n) is 3.35. The van der Waals surface area contributed by atoms with Crippen LogP contribution in [-0.4, -0.2) is 34.2 Å². The molecular weight excluding hydrogens is 368 g/mol. The number of esters is 2. The summed E-state index contributed by atoms with van der Waals surface area (Å²) in [6, 6.07) is -0.977. The van der Waals surface area contributed by atoms with Crippen molar-refractivity contribution in [2.24, 2.45) is 0 Å². The van der Waals surface area contributed by atoms with Gasteiger partial charge in [0.05, 0.1) is 18.1 Å². The van der Waals surface area contributed by atoms with E-state index in [-0.39, 0.29) is 24.1 Å². The lowest BCUT2D eigenvalue weighted by Crippen LogP contribution is -2.35. The van der Waals surface area contributed by atoms with Crippen LogP contribution in [0.5, 0.6) is 0 Å². The first-order valence-electron chi connectivity index (χ1n) is 9.29. The Kier molecular flexibility index (Phi) is 5.64. The Bertz CT molecular complexity index is 944. The van der Waals surface area contributed by atoms with Crippen LogP contribution in [0.2, 0.25) is 0 Å². The third-order valence-electron chi connectivity index (χ3n) is 4.56. The Labute approximate surface area is 161 Å². The molecule has 0 N–H and O–H groups in total. The summed E-state index contributed by atoms with van der Waals surface area (Å²) in [6.07, 6.45) is 3.50. The molecule has 0 fully saturated rings. The van der Waals surface area contributed by atoms with Crippen molar-refractivity contribution in [2.45, 2.75) is 65.5 Å². The van der Waals surface area contributed by atoms with E-state index in [1.54, 1.807) is 27.7 Å². The van der Waals surface area contributed by atoms with Gasteiger partial charge in [0.25, 0.3) is 5.56 Å². The quantitative estimate of drug-likeness (QED) is 0.727. The van der Waals surface area contributed by atoms with Gasteiger partial charge in [-0.2, -0.15) is 0 Å². The number of aryl methyl sites for hydroxylation is 2. The first-order chi connectivity index (χ1) is 12.8. The Morgan fingerprint density at radius 2 is 1.93 bits per heavy atom. The van der Waals surface area contributed by atoms with Crippen molar-refractivity contribution in [1.82, 2.24) is 9.55 Å². The van der Waals surface area contributed by atoms with Gasteiger partial charge in [-0.3, -0.25) is 9.36 Å². The molecule has 3 rings (SSSR count). The van der Waals surface area contributed by atoms with Gasteiger partial charge in [0.15, 0.2) is 0 Å². The highest BCUT2D eigenvalue weighted by Gasteiger charge is 2.30. The lowest BCUT2D eigenvalue weighted by Gasteiger charge is -2.19. The van der Waals surface area contributed by atoms with Crippen LogP contribution in [0.4, 0.5) is 0 Å². The minimum absolute atomic E-state index is 0.151. The number of aromatic nitrogens is 2. The van der Waals surface area contributed by atoms with Gasteiger partial charge in [-0.15, -0.1) is 11.3 Å². The van der Waals surface area contributed by atoms with Crippen LogP contribution in [0.25, 0.3) is 10.2 Å². The van der Waals surface area contributed by atoms with Gasteiger partial charge in [0, 0.05) is 4.88 Å². The van der Waals surface area contributed by atoms with Gasteiger partial charge in [-0.1, -0.05) is 0 Å². The van der Waals surface area contributed by atoms with Crippen molar-refractivity contribution in [2.75, 3.05) is 6.61 Å². The zero-order valence-electron chi connectivity index (χ0n) is 16.0. The van der Waals surface area contributed by atoms with Gasteiger partial charge in [0.2, 0.25) is 5.82 Å². The SMILES string of the molecule is CCOC(=O)c1nc2sc3c(c2c(=O)n1[C@H](C)C(=O)OC(C)C)CCCC3. The van der Waals surface area contributed by atoms with Crippen molar-refractivity contribution >= 4 is 33.5 Å². The van der Waals surface area contributed by atoms with Crippen molar-refractivity contribution in [1.29, 1.82) is 0 Å². The second-order valence-electron chi connectivity index (χ2n) is 6.88. The lowest BCUT2D eigenvalue weighted by molar-refractivity contribution is -0.151. The summed E-state index contributed by atoms with van der Waals surface area (Å²) < 4.78 is 11.5. The van der Waals surface area contributed by atoms with E-state index in [1.807, 2.05) is 0 Å². The lowest BCUT2D eigenvalue weighted by atomic mass is 9.97. The molecule has 1 aliphatic carbocycles. The molecule has 8 heteroatoms. The number of hydrogen-bond donors (Lipinski definition) is 0. The van der Waals surface area contributed by atoms with Gasteiger partial charge < -0.3 is 9.47 Å². The average molecular weight is 392 g/mol. The number of carbonyl (C=O) groups is 2. The number of thiophene rings is 1. The minimum Gasteiger partial charge on any atom is -0.461 e. The highest BCUT2D eigenvalue weighted by atomic mass is 32.1. The highest BCUT2D eigenvalue weighted by Crippen LogP contribution is 2.34. The summed E-state index contributed by atoms with van der Waals surface area (Å²) in [5, 5.41) is 0.520. The normalized spacial score (nSPS) is 14.9. The van der Waals surface area contributed by atoms with E-state index in [0.717, 1.165) is 40.7 Å². The van der Waals surface area contributed by atoms with Gasteiger partial charge in [0.1, 0.15) is 10.9 Å². The van der Waals surface area contributed by atoms with Crippen LogP contribution in [0.15, 0.2) is 4.79 Å². The maximum Gasteiger partial charge on any atom is 0.374 e. The number of ether oxygens (including phenoxy) is 2. The number of fused-ring (bicyclic) bond motifs is 3. The monoisotopic (exact) mass is 392 g/mol. The van der Waals surface area contributed by atoms with Crippen molar-refractivity contribution in [3.8, 4) is 0 Å². The predicted molar refractivity (Wildman–Crippen MR) is 102 cm³/mol. The summed E-state index contributed by atoms with van der Waals surface area (Å²) >= 11 is 1.45. The third-order valence-corrected chi connectivity index (χ3v) is 5.74. The summed E-state index contributed by atoms with van der Waals surface area (Å²) in [4.78, 5) is 44.4. The molecule has 2 aromatic rings.